The van der Waals surface area contributed by atoms with Gasteiger partial charge >= 0.3 is 0 Å². The minimum atomic E-state index is 0.688. The summed E-state index contributed by atoms with van der Waals surface area (Å²) in [6.45, 7) is 2.10. The third-order valence-corrected chi connectivity index (χ3v) is 9.75. The van der Waals surface area contributed by atoms with E-state index in [1.165, 1.54) is 5.56 Å². The molecule has 3 heterocycles. The molecule has 0 fully saturated rings. The molecule has 0 bridgehead atoms. The van der Waals surface area contributed by atoms with Gasteiger partial charge in [-0.15, -0.1) is 0 Å². The van der Waals surface area contributed by atoms with E-state index in [2.05, 4.69) is 128 Å². The summed E-state index contributed by atoms with van der Waals surface area (Å²) < 4.78 is 12.4. The van der Waals surface area contributed by atoms with Gasteiger partial charge in [-0.25, -0.2) is 9.97 Å². The van der Waals surface area contributed by atoms with Gasteiger partial charge in [-0.2, -0.15) is 0 Å². The summed E-state index contributed by atoms with van der Waals surface area (Å²) in [5.41, 5.74) is 13.9. The van der Waals surface area contributed by atoms with Crippen LogP contribution in [0.1, 0.15) is 5.56 Å². The van der Waals surface area contributed by atoms with Gasteiger partial charge in [-0.1, -0.05) is 109 Å². The number of fused-ring (bicyclic) bond motifs is 6. The molecule has 0 aliphatic heterocycles. The fraction of sp³-hybridized carbons (Fsp3) is 0.0213. The van der Waals surface area contributed by atoms with Crippen LogP contribution in [0.2, 0.25) is 0 Å². The first-order valence-corrected chi connectivity index (χ1v) is 17.1. The zero-order valence-corrected chi connectivity index (χ0v) is 27.8. The Morgan fingerprint density at radius 3 is 1.39 bits per heavy atom. The summed E-state index contributed by atoms with van der Waals surface area (Å²) in [5.74, 6) is 0.688. The Morgan fingerprint density at radius 1 is 0.333 bits per heavy atom. The number of hydrogen-bond donors (Lipinski definition) is 0. The van der Waals surface area contributed by atoms with Crippen LogP contribution in [0.15, 0.2) is 173 Å². The standard InChI is InChI=1S/C47H30N2O2/c1-29-15-17-30(18-16-29)41-28-42(49-47(48-41)31-9-3-2-4-10-31)36-24-34(32-19-21-45-39(26-32)37-11-5-7-13-43(37)50-45)23-35(25-36)33-20-22-46-40(27-33)38-12-6-8-14-44(38)51-46/h2-28H,1H3. The fourth-order valence-corrected chi connectivity index (χ4v) is 7.10. The molecular formula is C47H30N2O2. The average molecular weight is 655 g/mol. The van der Waals surface area contributed by atoms with E-state index in [1.807, 2.05) is 42.5 Å². The van der Waals surface area contributed by atoms with Gasteiger partial charge in [0.05, 0.1) is 11.4 Å². The van der Waals surface area contributed by atoms with E-state index in [9.17, 15) is 0 Å². The molecule has 0 unspecified atom stereocenters. The van der Waals surface area contributed by atoms with Gasteiger partial charge in [-0.3, -0.25) is 0 Å². The van der Waals surface area contributed by atoms with Crippen LogP contribution in [0.3, 0.4) is 0 Å². The highest BCUT2D eigenvalue weighted by Crippen LogP contribution is 2.39. The Balaban J connectivity index is 1.21. The van der Waals surface area contributed by atoms with E-state index < -0.39 is 0 Å². The average Bonchev–Trinajstić information content (AvgIpc) is 3.76. The topological polar surface area (TPSA) is 52.1 Å². The molecule has 0 aliphatic rings. The van der Waals surface area contributed by atoms with Crippen molar-refractivity contribution in [2.75, 3.05) is 0 Å². The summed E-state index contributed by atoms with van der Waals surface area (Å²) >= 11 is 0. The minimum Gasteiger partial charge on any atom is -0.456 e. The van der Waals surface area contributed by atoms with Gasteiger partial charge in [0.15, 0.2) is 5.82 Å². The first-order valence-electron chi connectivity index (χ1n) is 17.1. The maximum atomic E-state index is 6.19. The van der Waals surface area contributed by atoms with Crippen LogP contribution in [0.25, 0.3) is 100 Å². The predicted octanol–water partition coefficient (Wildman–Crippen LogP) is 12.9. The van der Waals surface area contributed by atoms with Crippen molar-refractivity contribution in [1.82, 2.24) is 9.97 Å². The molecule has 0 amide bonds. The number of nitrogens with zero attached hydrogens (tertiary/aromatic N) is 2. The van der Waals surface area contributed by atoms with Crippen LogP contribution < -0.4 is 0 Å². The summed E-state index contributed by atoms with van der Waals surface area (Å²) in [6, 6.07) is 57.0. The molecule has 0 N–H and O–H groups in total. The van der Waals surface area contributed by atoms with Gasteiger partial charge in [0.25, 0.3) is 0 Å². The van der Waals surface area contributed by atoms with E-state index in [4.69, 9.17) is 18.8 Å². The van der Waals surface area contributed by atoms with Crippen molar-refractivity contribution in [3.8, 4) is 56.2 Å². The monoisotopic (exact) mass is 654 g/mol. The number of para-hydroxylation sites is 2. The smallest absolute Gasteiger partial charge is 0.160 e. The van der Waals surface area contributed by atoms with E-state index in [1.54, 1.807) is 0 Å². The molecule has 4 nitrogen and oxygen atoms in total. The lowest BCUT2D eigenvalue weighted by Crippen LogP contribution is -1.96. The van der Waals surface area contributed by atoms with E-state index in [0.29, 0.717) is 5.82 Å². The van der Waals surface area contributed by atoms with Crippen LogP contribution in [0.5, 0.6) is 0 Å². The maximum Gasteiger partial charge on any atom is 0.160 e. The molecule has 240 valence electrons. The number of aryl methyl sites for hydroxylation is 1. The summed E-state index contributed by atoms with van der Waals surface area (Å²) in [5, 5.41) is 4.40. The van der Waals surface area contributed by atoms with Gasteiger partial charge < -0.3 is 8.83 Å². The lowest BCUT2D eigenvalue weighted by atomic mass is 9.93. The molecule has 10 aromatic rings. The van der Waals surface area contributed by atoms with Gasteiger partial charge in [-0.05, 0) is 89.8 Å². The third-order valence-electron chi connectivity index (χ3n) is 9.75. The summed E-state index contributed by atoms with van der Waals surface area (Å²) in [7, 11) is 0. The molecule has 0 radical (unpaired) electrons. The number of furan rings is 2. The normalized spacial score (nSPS) is 11.6. The number of rotatable bonds is 5. The third kappa shape index (κ3) is 5.17. The molecule has 4 heteroatoms. The first-order chi connectivity index (χ1) is 25.1. The highest BCUT2D eigenvalue weighted by molar-refractivity contribution is 6.07. The van der Waals surface area contributed by atoms with E-state index >= 15 is 0 Å². The van der Waals surface area contributed by atoms with Crippen LogP contribution >= 0.6 is 0 Å². The second kappa shape index (κ2) is 11.7. The van der Waals surface area contributed by atoms with Crippen molar-refractivity contribution in [2.45, 2.75) is 6.92 Å². The predicted molar refractivity (Wildman–Crippen MR) is 209 cm³/mol. The Kier molecular flexibility index (Phi) is 6.68. The largest absolute Gasteiger partial charge is 0.456 e. The second-order valence-corrected chi connectivity index (χ2v) is 13.1. The van der Waals surface area contributed by atoms with Crippen molar-refractivity contribution in [3.05, 3.63) is 169 Å². The molecule has 0 aliphatic carbocycles. The van der Waals surface area contributed by atoms with Crippen LogP contribution in [0.4, 0.5) is 0 Å². The minimum absolute atomic E-state index is 0.688. The van der Waals surface area contributed by atoms with E-state index in [-0.39, 0.29) is 0 Å². The van der Waals surface area contributed by atoms with E-state index in [0.717, 1.165) is 94.2 Å². The maximum absolute atomic E-state index is 6.19. The van der Waals surface area contributed by atoms with Crippen molar-refractivity contribution >= 4 is 43.9 Å². The first kappa shape index (κ1) is 29.2. The molecule has 10 rings (SSSR count). The van der Waals surface area contributed by atoms with Gasteiger partial charge in [0.2, 0.25) is 0 Å². The molecule has 0 spiro atoms. The van der Waals surface area contributed by atoms with Crippen LogP contribution in [0, 0.1) is 6.92 Å². The van der Waals surface area contributed by atoms with Crippen molar-refractivity contribution in [2.24, 2.45) is 0 Å². The molecule has 3 aromatic heterocycles. The Hall–Kier alpha value is -6.78. The molecule has 7 aromatic carbocycles. The number of aromatic nitrogens is 2. The van der Waals surface area contributed by atoms with Gasteiger partial charge in [0, 0.05) is 38.2 Å². The highest BCUT2D eigenvalue weighted by Gasteiger charge is 2.16. The highest BCUT2D eigenvalue weighted by atomic mass is 16.3. The SMILES string of the molecule is Cc1ccc(-c2cc(-c3cc(-c4ccc5oc6ccccc6c5c4)cc(-c4ccc5oc6ccccc6c5c4)c3)nc(-c3ccccc3)n2)cc1. The quantitative estimate of drug-likeness (QED) is 0.185. The molecule has 0 saturated carbocycles. The van der Waals surface area contributed by atoms with Gasteiger partial charge in [0.1, 0.15) is 22.3 Å². The zero-order chi connectivity index (χ0) is 33.9. The van der Waals surface area contributed by atoms with Crippen molar-refractivity contribution in [3.63, 3.8) is 0 Å². The lowest BCUT2D eigenvalue weighted by Gasteiger charge is -2.13. The Bertz CT molecular complexity index is 2790. The van der Waals surface area contributed by atoms with Crippen LogP contribution in [-0.4, -0.2) is 9.97 Å². The fourth-order valence-electron chi connectivity index (χ4n) is 7.10. The lowest BCUT2D eigenvalue weighted by molar-refractivity contribution is 0.668. The summed E-state index contributed by atoms with van der Waals surface area (Å²) in [4.78, 5) is 10.3. The molecule has 0 atom stereocenters. The number of benzene rings is 7. The summed E-state index contributed by atoms with van der Waals surface area (Å²) in [6.07, 6.45) is 0. The van der Waals surface area contributed by atoms with Crippen molar-refractivity contribution < 1.29 is 8.83 Å². The molecule has 0 saturated heterocycles. The second-order valence-electron chi connectivity index (χ2n) is 13.1. The molecule has 51 heavy (non-hydrogen) atoms. The Morgan fingerprint density at radius 2 is 0.804 bits per heavy atom. The zero-order valence-electron chi connectivity index (χ0n) is 27.8. The molecular weight excluding hydrogens is 625 g/mol. The number of hydrogen-bond acceptors (Lipinski definition) is 4. The van der Waals surface area contributed by atoms with Crippen molar-refractivity contribution in [1.29, 1.82) is 0 Å². The Labute approximate surface area is 294 Å². The van der Waals surface area contributed by atoms with Crippen LogP contribution in [-0.2, 0) is 0 Å².